The predicted molar refractivity (Wildman–Crippen MR) is 56.5 cm³/mol. The number of phenols is 1. The highest BCUT2D eigenvalue weighted by Gasteiger charge is 2.10. The van der Waals surface area contributed by atoms with Crippen LogP contribution in [-0.2, 0) is 0 Å². The molecule has 0 amide bonds. The Morgan fingerprint density at radius 2 is 2.21 bits per heavy atom. The van der Waals surface area contributed by atoms with E-state index in [1.54, 1.807) is 18.2 Å². The van der Waals surface area contributed by atoms with E-state index in [0.717, 1.165) is 11.1 Å². The topological polar surface area (TPSA) is 55.5 Å². The van der Waals surface area contributed by atoms with Crippen LogP contribution in [0, 0.1) is 6.92 Å². The second-order valence-corrected chi connectivity index (χ2v) is 3.14. The second-order valence-electron chi connectivity index (χ2n) is 3.14. The Balaban J connectivity index is 3.23. The van der Waals surface area contributed by atoms with Crippen LogP contribution in [-0.4, -0.2) is 12.2 Å². The third-order valence-corrected chi connectivity index (χ3v) is 2.18. The van der Waals surface area contributed by atoms with Gasteiger partial charge in [-0.3, -0.25) is 0 Å². The third kappa shape index (κ3) is 1.88. The van der Waals surface area contributed by atoms with Crippen molar-refractivity contribution in [1.29, 1.82) is 0 Å². The first-order chi connectivity index (χ1) is 6.60. The zero-order valence-corrected chi connectivity index (χ0v) is 8.45. The van der Waals surface area contributed by atoms with Gasteiger partial charge in [0.1, 0.15) is 0 Å². The molecule has 0 fully saturated rings. The monoisotopic (exact) mass is 193 g/mol. The summed E-state index contributed by atoms with van der Waals surface area (Å²) in [5.41, 5.74) is 7.65. The van der Waals surface area contributed by atoms with Crippen LogP contribution in [0.2, 0.25) is 0 Å². The van der Waals surface area contributed by atoms with Crippen molar-refractivity contribution in [1.82, 2.24) is 0 Å². The molecular formula is C11H15NO2. The summed E-state index contributed by atoms with van der Waals surface area (Å²) in [6.07, 6.45) is 1.65. The number of ether oxygens (including phenoxy) is 1. The van der Waals surface area contributed by atoms with E-state index in [2.05, 4.69) is 6.58 Å². The third-order valence-electron chi connectivity index (χ3n) is 2.18. The van der Waals surface area contributed by atoms with E-state index in [-0.39, 0.29) is 11.8 Å². The summed E-state index contributed by atoms with van der Waals surface area (Å²) in [7, 11) is 1.51. The SMILES string of the molecule is C=C[C@@H](N)c1cc(OC)c(O)cc1C. The molecule has 1 rings (SSSR count). The molecule has 3 heteroatoms. The number of aromatic hydroxyl groups is 1. The number of nitrogens with two attached hydrogens (primary N) is 1. The molecule has 14 heavy (non-hydrogen) atoms. The summed E-state index contributed by atoms with van der Waals surface area (Å²) in [6.45, 7) is 5.51. The van der Waals surface area contributed by atoms with Gasteiger partial charge in [0.05, 0.1) is 7.11 Å². The molecule has 1 aromatic rings. The van der Waals surface area contributed by atoms with E-state index in [4.69, 9.17) is 10.5 Å². The summed E-state index contributed by atoms with van der Waals surface area (Å²) in [4.78, 5) is 0. The Kier molecular flexibility index (Phi) is 3.14. The van der Waals surface area contributed by atoms with Crippen molar-refractivity contribution in [2.24, 2.45) is 5.73 Å². The first kappa shape index (κ1) is 10.6. The molecule has 3 N–H and O–H groups in total. The molecular weight excluding hydrogens is 178 g/mol. The lowest BCUT2D eigenvalue weighted by atomic mass is 10.0. The van der Waals surface area contributed by atoms with E-state index < -0.39 is 0 Å². The highest BCUT2D eigenvalue weighted by atomic mass is 16.5. The average molecular weight is 193 g/mol. The van der Waals surface area contributed by atoms with Gasteiger partial charge in [-0.05, 0) is 30.2 Å². The normalized spacial score (nSPS) is 12.2. The van der Waals surface area contributed by atoms with Crippen molar-refractivity contribution in [2.45, 2.75) is 13.0 Å². The number of aryl methyl sites for hydroxylation is 1. The Morgan fingerprint density at radius 3 is 2.71 bits per heavy atom. The van der Waals surface area contributed by atoms with Crippen LogP contribution in [0.3, 0.4) is 0 Å². The standard InChI is InChI=1S/C11H15NO2/c1-4-9(12)8-6-11(14-3)10(13)5-7(8)2/h4-6,9,13H,1,12H2,2-3H3/t9-/m1/s1. The maximum absolute atomic E-state index is 9.48. The lowest BCUT2D eigenvalue weighted by molar-refractivity contribution is 0.372. The van der Waals surface area contributed by atoms with Crippen LogP contribution in [0.15, 0.2) is 24.8 Å². The molecule has 0 radical (unpaired) electrons. The Hall–Kier alpha value is -1.48. The predicted octanol–water partition coefficient (Wildman–Crippen LogP) is 1.90. The molecule has 3 nitrogen and oxygen atoms in total. The minimum atomic E-state index is -0.232. The highest BCUT2D eigenvalue weighted by Crippen LogP contribution is 2.31. The molecule has 1 aromatic carbocycles. The van der Waals surface area contributed by atoms with E-state index >= 15 is 0 Å². The molecule has 0 aromatic heterocycles. The van der Waals surface area contributed by atoms with E-state index in [1.165, 1.54) is 7.11 Å². The summed E-state index contributed by atoms with van der Waals surface area (Å²) in [6, 6.07) is 3.14. The molecule has 0 saturated heterocycles. The fourth-order valence-electron chi connectivity index (χ4n) is 1.34. The molecule has 0 aliphatic carbocycles. The average Bonchev–Trinajstić information content (AvgIpc) is 2.17. The van der Waals surface area contributed by atoms with E-state index in [9.17, 15) is 5.11 Å². The minimum Gasteiger partial charge on any atom is -0.504 e. The molecule has 0 spiro atoms. The smallest absolute Gasteiger partial charge is 0.160 e. The van der Waals surface area contributed by atoms with Gasteiger partial charge < -0.3 is 15.6 Å². The van der Waals surface area contributed by atoms with Crippen molar-refractivity contribution in [2.75, 3.05) is 7.11 Å². The van der Waals surface area contributed by atoms with Gasteiger partial charge in [-0.25, -0.2) is 0 Å². The minimum absolute atomic E-state index is 0.130. The van der Waals surface area contributed by atoms with Crippen LogP contribution in [0.1, 0.15) is 17.2 Å². The number of methoxy groups -OCH3 is 1. The first-order valence-electron chi connectivity index (χ1n) is 4.35. The number of phenolic OH excluding ortho intramolecular Hbond substituents is 1. The molecule has 1 atom stereocenters. The van der Waals surface area contributed by atoms with Crippen LogP contribution in [0.25, 0.3) is 0 Å². The number of benzene rings is 1. The van der Waals surface area contributed by atoms with Crippen LogP contribution < -0.4 is 10.5 Å². The van der Waals surface area contributed by atoms with Gasteiger partial charge in [0, 0.05) is 6.04 Å². The van der Waals surface area contributed by atoms with E-state index in [1.807, 2.05) is 6.92 Å². The maximum atomic E-state index is 9.48. The van der Waals surface area contributed by atoms with Crippen LogP contribution >= 0.6 is 0 Å². The van der Waals surface area contributed by atoms with Gasteiger partial charge in [0.15, 0.2) is 11.5 Å². The lowest BCUT2D eigenvalue weighted by Crippen LogP contribution is -2.08. The molecule has 0 aliphatic heterocycles. The first-order valence-corrected chi connectivity index (χ1v) is 4.35. The molecule has 0 aliphatic rings. The van der Waals surface area contributed by atoms with Crippen LogP contribution in [0.4, 0.5) is 0 Å². The summed E-state index contributed by atoms with van der Waals surface area (Å²) >= 11 is 0. The van der Waals surface area contributed by atoms with Crippen molar-refractivity contribution < 1.29 is 9.84 Å². The fourth-order valence-corrected chi connectivity index (χ4v) is 1.34. The number of hydrogen-bond donors (Lipinski definition) is 2. The number of hydrogen-bond acceptors (Lipinski definition) is 3. The zero-order chi connectivity index (χ0) is 10.7. The lowest BCUT2D eigenvalue weighted by Gasteiger charge is -2.13. The van der Waals surface area contributed by atoms with Crippen LogP contribution in [0.5, 0.6) is 11.5 Å². The van der Waals surface area contributed by atoms with Gasteiger partial charge in [-0.15, -0.1) is 6.58 Å². The highest BCUT2D eigenvalue weighted by molar-refractivity contribution is 5.47. The van der Waals surface area contributed by atoms with Crippen molar-refractivity contribution >= 4 is 0 Å². The second kappa shape index (κ2) is 4.15. The maximum Gasteiger partial charge on any atom is 0.160 e. The van der Waals surface area contributed by atoms with Gasteiger partial charge in [0.2, 0.25) is 0 Å². The molecule has 0 unspecified atom stereocenters. The quantitative estimate of drug-likeness (QED) is 0.721. The Bertz CT molecular complexity index is 347. The summed E-state index contributed by atoms with van der Waals surface area (Å²) < 4.78 is 5.00. The summed E-state index contributed by atoms with van der Waals surface area (Å²) in [5, 5.41) is 9.48. The van der Waals surface area contributed by atoms with Crippen molar-refractivity contribution in [3.63, 3.8) is 0 Å². The van der Waals surface area contributed by atoms with Crippen molar-refractivity contribution in [3.05, 3.63) is 35.9 Å². The molecule has 0 saturated carbocycles. The molecule has 0 heterocycles. The number of rotatable bonds is 3. The van der Waals surface area contributed by atoms with Gasteiger partial charge in [-0.1, -0.05) is 6.08 Å². The Labute approximate surface area is 83.8 Å². The molecule has 76 valence electrons. The summed E-state index contributed by atoms with van der Waals surface area (Å²) in [5.74, 6) is 0.563. The van der Waals surface area contributed by atoms with Crippen molar-refractivity contribution in [3.8, 4) is 11.5 Å². The Morgan fingerprint density at radius 1 is 1.57 bits per heavy atom. The zero-order valence-electron chi connectivity index (χ0n) is 8.45. The van der Waals surface area contributed by atoms with Gasteiger partial charge in [-0.2, -0.15) is 0 Å². The fraction of sp³-hybridized carbons (Fsp3) is 0.273. The molecule has 0 bridgehead atoms. The van der Waals surface area contributed by atoms with Gasteiger partial charge in [0.25, 0.3) is 0 Å². The van der Waals surface area contributed by atoms with E-state index in [0.29, 0.717) is 5.75 Å². The van der Waals surface area contributed by atoms with Gasteiger partial charge >= 0.3 is 0 Å². The largest absolute Gasteiger partial charge is 0.504 e.